The van der Waals surface area contributed by atoms with Crippen LogP contribution >= 0.6 is 15.9 Å². The summed E-state index contributed by atoms with van der Waals surface area (Å²) in [5.41, 5.74) is 1.34. The van der Waals surface area contributed by atoms with E-state index >= 15 is 0 Å². The molecule has 94 valence electrons. The first-order valence-electron chi connectivity index (χ1n) is 6.14. The second-order valence-corrected chi connectivity index (χ2v) is 5.51. The van der Waals surface area contributed by atoms with Gasteiger partial charge in [0, 0.05) is 0 Å². The van der Waals surface area contributed by atoms with E-state index in [2.05, 4.69) is 41.9 Å². The van der Waals surface area contributed by atoms with Crippen LogP contribution in [0.3, 0.4) is 0 Å². The highest BCUT2D eigenvalue weighted by atomic mass is 79.9. The summed E-state index contributed by atoms with van der Waals surface area (Å²) >= 11 is 3.53. The number of benzene rings is 1. The maximum absolute atomic E-state index is 5.60. The van der Waals surface area contributed by atoms with Crippen LogP contribution in [-0.4, -0.2) is 19.3 Å². The first-order chi connectivity index (χ1) is 8.15. The second-order valence-electron chi connectivity index (χ2n) is 4.65. The van der Waals surface area contributed by atoms with E-state index < -0.39 is 0 Å². The van der Waals surface area contributed by atoms with Gasteiger partial charge < -0.3 is 9.47 Å². The van der Waals surface area contributed by atoms with E-state index in [9.17, 15) is 0 Å². The average Bonchev–Trinajstić information content (AvgIpc) is 3.07. The van der Waals surface area contributed by atoms with Crippen molar-refractivity contribution in [3.05, 3.63) is 28.2 Å². The van der Waals surface area contributed by atoms with Gasteiger partial charge in [-0.25, -0.2) is 0 Å². The van der Waals surface area contributed by atoms with Crippen LogP contribution < -0.4 is 4.74 Å². The van der Waals surface area contributed by atoms with Crippen molar-refractivity contribution >= 4 is 15.9 Å². The summed E-state index contributed by atoms with van der Waals surface area (Å²) in [5, 5.41) is 0. The van der Waals surface area contributed by atoms with Gasteiger partial charge >= 0.3 is 0 Å². The molecule has 0 N–H and O–H groups in total. The van der Waals surface area contributed by atoms with Crippen molar-refractivity contribution in [2.24, 2.45) is 0 Å². The van der Waals surface area contributed by atoms with Crippen molar-refractivity contribution in [2.45, 2.75) is 44.8 Å². The monoisotopic (exact) mass is 298 g/mol. The summed E-state index contributed by atoms with van der Waals surface area (Å²) in [7, 11) is 1.69. The number of epoxide rings is 1. The van der Waals surface area contributed by atoms with E-state index in [0.717, 1.165) is 23.1 Å². The topological polar surface area (TPSA) is 21.8 Å². The summed E-state index contributed by atoms with van der Waals surface area (Å²) in [6.07, 6.45) is 3.20. The Morgan fingerprint density at radius 2 is 2.18 bits per heavy atom. The summed E-state index contributed by atoms with van der Waals surface area (Å²) < 4.78 is 11.9. The third-order valence-corrected chi connectivity index (χ3v) is 4.04. The van der Waals surface area contributed by atoms with Gasteiger partial charge in [0.05, 0.1) is 23.8 Å². The van der Waals surface area contributed by atoms with Gasteiger partial charge in [0.2, 0.25) is 0 Å². The van der Waals surface area contributed by atoms with Crippen molar-refractivity contribution in [3.63, 3.8) is 0 Å². The Balaban J connectivity index is 1.99. The van der Waals surface area contributed by atoms with Crippen molar-refractivity contribution in [1.29, 1.82) is 0 Å². The van der Waals surface area contributed by atoms with E-state index in [0.29, 0.717) is 18.1 Å². The van der Waals surface area contributed by atoms with E-state index in [1.807, 2.05) is 6.07 Å². The summed E-state index contributed by atoms with van der Waals surface area (Å²) in [6, 6.07) is 6.30. The molecule has 2 rings (SSSR count). The lowest BCUT2D eigenvalue weighted by Crippen LogP contribution is -2.01. The smallest absolute Gasteiger partial charge is 0.133 e. The maximum atomic E-state index is 5.60. The van der Waals surface area contributed by atoms with E-state index in [4.69, 9.17) is 9.47 Å². The molecule has 0 aliphatic carbocycles. The molecule has 1 aliphatic rings. The Morgan fingerprint density at radius 3 is 2.71 bits per heavy atom. The molecule has 3 atom stereocenters. The second kappa shape index (κ2) is 5.40. The lowest BCUT2D eigenvalue weighted by Gasteiger charge is -2.12. The van der Waals surface area contributed by atoms with Crippen LogP contribution in [0.15, 0.2) is 22.7 Å². The SMILES string of the molecule is CCC1OC1CC(C)c1ccc(OC)c(Br)c1. The Morgan fingerprint density at radius 1 is 1.41 bits per heavy atom. The molecule has 3 unspecified atom stereocenters. The molecule has 1 aliphatic heterocycles. The van der Waals surface area contributed by atoms with Crippen LogP contribution in [-0.2, 0) is 4.74 Å². The molecule has 17 heavy (non-hydrogen) atoms. The first-order valence-corrected chi connectivity index (χ1v) is 6.94. The van der Waals surface area contributed by atoms with Crippen molar-refractivity contribution in [3.8, 4) is 5.75 Å². The van der Waals surface area contributed by atoms with Crippen LogP contribution in [0.5, 0.6) is 5.75 Å². The van der Waals surface area contributed by atoms with Gasteiger partial charge in [-0.3, -0.25) is 0 Å². The average molecular weight is 299 g/mol. The van der Waals surface area contributed by atoms with Crippen LogP contribution in [0.25, 0.3) is 0 Å². The normalized spacial score (nSPS) is 24.5. The first kappa shape index (κ1) is 12.9. The third kappa shape index (κ3) is 3.02. The summed E-state index contributed by atoms with van der Waals surface area (Å²) in [4.78, 5) is 0. The highest BCUT2D eigenvalue weighted by Gasteiger charge is 2.37. The zero-order valence-electron chi connectivity index (χ0n) is 10.6. The molecule has 0 saturated carbocycles. The van der Waals surface area contributed by atoms with Crippen molar-refractivity contribution in [1.82, 2.24) is 0 Å². The number of hydrogen-bond donors (Lipinski definition) is 0. The highest BCUT2D eigenvalue weighted by molar-refractivity contribution is 9.10. The minimum atomic E-state index is 0.468. The Kier molecular flexibility index (Phi) is 4.10. The molecule has 1 aromatic carbocycles. The van der Waals surface area contributed by atoms with Gasteiger partial charge in [0.15, 0.2) is 0 Å². The lowest BCUT2D eigenvalue weighted by atomic mass is 9.95. The molecular weight excluding hydrogens is 280 g/mol. The van der Waals surface area contributed by atoms with E-state index in [1.165, 1.54) is 5.56 Å². The van der Waals surface area contributed by atoms with Crippen molar-refractivity contribution in [2.75, 3.05) is 7.11 Å². The lowest BCUT2D eigenvalue weighted by molar-refractivity contribution is 0.353. The van der Waals surface area contributed by atoms with Gasteiger partial charge in [-0.15, -0.1) is 0 Å². The van der Waals surface area contributed by atoms with E-state index in [-0.39, 0.29) is 0 Å². The third-order valence-electron chi connectivity index (χ3n) is 3.42. The molecule has 0 aromatic heterocycles. The van der Waals surface area contributed by atoms with Crippen LogP contribution in [0.2, 0.25) is 0 Å². The molecule has 0 spiro atoms. The zero-order chi connectivity index (χ0) is 12.4. The minimum absolute atomic E-state index is 0.468. The van der Waals surface area contributed by atoms with Gasteiger partial charge in [-0.2, -0.15) is 0 Å². The fraction of sp³-hybridized carbons (Fsp3) is 0.571. The predicted molar refractivity (Wildman–Crippen MR) is 72.7 cm³/mol. The molecule has 2 nitrogen and oxygen atoms in total. The maximum Gasteiger partial charge on any atom is 0.133 e. The molecule has 3 heteroatoms. The molecule has 0 amide bonds. The van der Waals surface area contributed by atoms with Gasteiger partial charge in [-0.05, 0) is 52.4 Å². The molecule has 0 radical (unpaired) electrons. The fourth-order valence-corrected chi connectivity index (χ4v) is 2.78. The number of halogens is 1. The molecule has 1 saturated heterocycles. The Bertz CT molecular complexity index is 392. The number of rotatable bonds is 5. The van der Waals surface area contributed by atoms with Gasteiger partial charge in [-0.1, -0.05) is 19.9 Å². The van der Waals surface area contributed by atoms with Gasteiger partial charge in [0.25, 0.3) is 0 Å². The standard InChI is InChI=1S/C14H19BrO2/c1-4-12-14(17-12)7-9(2)10-5-6-13(16-3)11(15)8-10/h5-6,8-9,12,14H,4,7H2,1-3H3. The Labute approximate surface area is 111 Å². The molecular formula is C14H19BrO2. The molecule has 1 heterocycles. The Hall–Kier alpha value is -0.540. The molecule has 1 aromatic rings. The zero-order valence-corrected chi connectivity index (χ0v) is 12.2. The predicted octanol–water partition coefficient (Wildman–Crippen LogP) is 4.13. The van der Waals surface area contributed by atoms with Crippen LogP contribution in [0.4, 0.5) is 0 Å². The van der Waals surface area contributed by atoms with Gasteiger partial charge in [0.1, 0.15) is 5.75 Å². The minimum Gasteiger partial charge on any atom is -0.496 e. The summed E-state index contributed by atoms with van der Waals surface area (Å²) in [6.45, 7) is 4.43. The fourth-order valence-electron chi connectivity index (χ4n) is 2.22. The number of methoxy groups -OCH3 is 1. The quantitative estimate of drug-likeness (QED) is 0.763. The van der Waals surface area contributed by atoms with Crippen LogP contribution in [0, 0.1) is 0 Å². The molecule has 0 bridgehead atoms. The van der Waals surface area contributed by atoms with Crippen LogP contribution in [0.1, 0.15) is 38.2 Å². The largest absolute Gasteiger partial charge is 0.496 e. The highest BCUT2D eigenvalue weighted by Crippen LogP contribution is 2.36. The summed E-state index contributed by atoms with van der Waals surface area (Å²) in [5.74, 6) is 1.41. The number of hydrogen-bond acceptors (Lipinski definition) is 2. The molecule has 1 fully saturated rings. The van der Waals surface area contributed by atoms with E-state index in [1.54, 1.807) is 7.11 Å². The van der Waals surface area contributed by atoms with Crippen molar-refractivity contribution < 1.29 is 9.47 Å². The number of ether oxygens (including phenoxy) is 2.